The van der Waals surface area contributed by atoms with E-state index < -0.39 is 11.4 Å². The summed E-state index contributed by atoms with van der Waals surface area (Å²) in [6.45, 7) is 2.75. The van der Waals surface area contributed by atoms with E-state index in [1.165, 1.54) is 12.8 Å². The van der Waals surface area contributed by atoms with E-state index in [0.717, 1.165) is 32.3 Å². The highest BCUT2D eigenvalue weighted by Gasteiger charge is 2.59. The minimum atomic E-state index is -0.804. The topological polar surface area (TPSA) is 66.8 Å². The molecule has 0 radical (unpaired) electrons. The molecular weight excluding hydrogens is 294 g/mol. The van der Waals surface area contributed by atoms with Crippen LogP contribution in [0.25, 0.3) is 0 Å². The normalized spacial score (nSPS) is 30.5. The molecule has 0 heterocycles. The van der Waals surface area contributed by atoms with Gasteiger partial charge in [-0.1, -0.05) is 19.3 Å². The highest BCUT2D eigenvalue weighted by atomic mass is 16.5. The van der Waals surface area contributed by atoms with Crippen LogP contribution in [-0.2, 0) is 14.3 Å². The smallest absolute Gasteiger partial charge is 0.310 e. The van der Waals surface area contributed by atoms with Crippen molar-refractivity contribution in [1.82, 2.24) is 4.90 Å². The second kappa shape index (κ2) is 6.08. The van der Waals surface area contributed by atoms with Crippen LogP contribution in [0.2, 0.25) is 0 Å². The minimum Gasteiger partial charge on any atom is -0.481 e. The number of nitrogens with zero attached hydrogens (tertiary/aromatic N) is 1. The molecule has 1 N–H and O–H groups in total. The lowest BCUT2D eigenvalue weighted by Crippen LogP contribution is -2.64. The summed E-state index contributed by atoms with van der Waals surface area (Å²) in [5.74, 6) is -0.805. The summed E-state index contributed by atoms with van der Waals surface area (Å²) in [5.41, 5.74) is -0.673. The van der Waals surface area contributed by atoms with E-state index in [0.29, 0.717) is 12.8 Å². The number of hydrogen-bond acceptors (Lipinski definition) is 3. The number of aliphatic carboxylic acids is 1. The molecule has 3 aliphatic rings. The average Bonchev–Trinajstić information content (AvgIpc) is 2.98. The summed E-state index contributed by atoms with van der Waals surface area (Å²) in [5, 5.41) is 9.45. The van der Waals surface area contributed by atoms with Crippen LogP contribution in [0.1, 0.15) is 64.7 Å². The van der Waals surface area contributed by atoms with Crippen LogP contribution in [0.3, 0.4) is 0 Å². The second-order valence-corrected chi connectivity index (χ2v) is 7.76. The van der Waals surface area contributed by atoms with Gasteiger partial charge in [-0.05, 0) is 39.0 Å². The van der Waals surface area contributed by atoms with Gasteiger partial charge in [-0.25, -0.2) is 0 Å². The maximum atomic E-state index is 12.7. The quantitative estimate of drug-likeness (QED) is 0.816. The first-order valence-corrected chi connectivity index (χ1v) is 9.06. The van der Waals surface area contributed by atoms with Gasteiger partial charge < -0.3 is 14.7 Å². The molecule has 0 aliphatic heterocycles. The van der Waals surface area contributed by atoms with E-state index in [9.17, 15) is 14.7 Å². The van der Waals surface area contributed by atoms with Crippen molar-refractivity contribution in [3.8, 4) is 0 Å². The predicted molar refractivity (Wildman–Crippen MR) is 86.0 cm³/mol. The minimum absolute atomic E-state index is 0.00155. The van der Waals surface area contributed by atoms with Crippen molar-refractivity contribution in [3.63, 3.8) is 0 Å². The van der Waals surface area contributed by atoms with E-state index in [4.69, 9.17) is 4.74 Å². The number of hydrogen-bond donors (Lipinski definition) is 1. The zero-order chi connectivity index (χ0) is 16.7. The molecule has 5 heteroatoms. The number of carboxylic acid groups (broad SMARTS) is 1. The van der Waals surface area contributed by atoms with Crippen LogP contribution in [0.4, 0.5) is 0 Å². The molecule has 0 bridgehead atoms. The Labute approximate surface area is 138 Å². The highest BCUT2D eigenvalue weighted by Crippen LogP contribution is 2.57. The van der Waals surface area contributed by atoms with E-state index in [1.54, 1.807) is 0 Å². The summed E-state index contributed by atoms with van der Waals surface area (Å²) in [7, 11) is 1.86. The third-order valence-corrected chi connectivity index (χ3v) is 6.76. The van der Waals surface area contributed by atoms with Crippen molar-refractivity contribution >= 4 is 11.9 Å². The SMILES string of the molecule is CCOC1CC(N(C)C(=O)CC2(C(=O)O)CCC2)C12CCCC2. The van der Waals surface area contributed by atoms with Gasteiger partial charge in [-0.3, -0.25) is 9.59 Å². The Hall–Kier alpha value is -1.10. The Balaban J connectivity index is 1.67. The van der Waals surface area contributed by atoms with Gasteiger partial charge in [-0.15, -0.1) is 0 Å². The highest BCUT2D eigenvalue weighted by molar-refractivity contribution is 5.85. The number of carboxylic acids is 1. The third kappa shape index (κ3) is 2.57. The zero-order valence-corrected chi connectivity index (χ0v) is 14.3. The first-order chi connectivity index (χ1) is 10.9. The van der Waals surface area contributed by atoms with Gasteiger partial charge in [0.05, 0.1) is 11.5 Å². The molecule has 2 atom stereocenters. The Bertz CT molecular complexity index is 479. The summed E-state index contributed by atoms with van der Waals surface area (Å²) < 4.78 is 5.92. The Morgan fingerprint density at radius 3 is 2.30 bits per heavy atom. The number of carbonyl (C=O) groups excluding carboxylic acids is 1. The van der Waals surface area contributed by atoms with Gasteiger partial charge in [-0.2, -0.15) is 0 Å². The molecule has 0 aromatic carbocycles. The van der Waals surface area contributed by atoms with Gasteiger partial charge in [0.2, 0.25) is 5.91 Å². The molecule has 0 saturated heterocycles. The first kappa shape index (κ1) is 16.7. The van der Waals surface area contributed by atoms with Crippen molar-refractivity contribution in [3.05, 3.63) is 0 Å². The molecule has 3 saturated carbocycles. The molecule has 3 aliphatic carbocycles. The van der Waals surface area contributed by atoms with Crippen molar-refractivity contribution < 1.29 is 19.4 Å². The molecule has 2 unspecified atom stereocenters. The Morgan fingerprint density at radius 2 is 1.83 bits per heavy atom. The molecule has 0 aromatic heterocycles. The molecule has 0 aromatic rings. The largest absolute Gasteiger partial charge is 0.481 e. The summed E-state index contributed by atoms with van der Waals surface area (Å²) in [6, 6.07) is 0.222. The lowest BCUT2D eigenvalue weighted by atomic mass is 9.59. The van der Waals surface area contributed by atoms with Crippen LogP contribution in [-0.4, -0.2) is 47.7 Å². The molecule has 3 fully saturated rings. The van der Waals surface area contributed by atoms with Gasteiger partial charge in [0.15, 0.2) is 0 Å². The van der Waals surface area contributed by atoms with Crippen LogP contribution in [0, 0.1) is 10.8 Å². The lowest BCUT2D eigenvalue weighted by molar-refractivity contribution is -0.177. The maximum absolute atomic E-state index is 12.7. The Kier molecular flexibility index (Phi) is 4.43. The zero-order valence-electron chi connectivity index (χ0n) is 14.3. The monoisotopic (exact) mass is 323 g/mol. The van der Waals surface area contributed by atoms with Crippen molar-refractivity contribution in [1.29, 1.82) is 0 Å². The standard InChI is InChI=1S/C18H29NO4/c1-3-23-14-11-13(18(14)9-4-5-10-18)19(2)15(20)12-17(16(21)22)7-6-8-17/h13-14H,3-12H2,1-2H3,(H,21,22). The fraction of sp³-hybridized carbons (Fsp3) is 0.889. The molecule has 130 valence electrons. The second-order valence-electron chi connectivity index (χ2n) is 7.76. The summed E-state index contributed by atoms with van der Waals surface area (Å²) in [4.78, 5) is 26.1. The number of ether oxygens (including phenoxy) is 1. The predicted octanol–water partition coefficient (Wildman–Crippen LogP) is 2.83. The fourth-order valence-electron chi connectivity index (χ4n) is 5.05. The number of carbonyl (C=O) groups is 2. The third-order valence-electron chi connectivity index (χ3n) is 6.76. The summed E-state index contributed by atoms with van der Waals surface area (Å²) >= 11 is 0. The maximum Gasteiger partial charge on any atom is 0.310 e. The van der Waals surface area contributed by atoms with Gasteiger partial charge in [0.25, 0.3) is 0 Å². The molecule has 5 nitrogen and oxygen atoms in total. The van der Waals surface area contributed by atoms with E-state index in [1.807, 2.05) is 18.9 Å². The molecule has 1 amide bonds. The Morgan fingerprint density at radius 1 is 1.17 bits per heavy atom. The average molecular weight is 323 g/mol. The summed E-state index contributed by atoms with van der Waals surface area (Å²) in [6.07, 6.45) is 8.20. The van der Waals surface area contributed by atoms with Crippen LogP contribution < -0.4 is 0 Å². The lowest BCUT2D eigenvalue weighted by Gasteiger charge is -2.57. The van der Waals surface area contributed by atoms with Crippen LogP contribution in [0.5, 0.6) is 0 Å². The van der Waals surface area contributed by atoms with E-state index in [2.05, 4.69) is 0 Å². The van der Waals surface area contributed by atoms with E-state index in [-0.39, 0.29) is 29.9 Å². The number of amides is 1. The molecule has 1 spiro atoms. The van der Waals surface area contributed by atoms with Crippen LogP contribution >= 0.6 is 0 Å². The van der Waals surface area contributed by atoms with Crippen LogP contribution in [0.15, 0.2) is 0 Å². The molecular formula is C18H29NO4. The first-order valence-electron chi connectivity index (χ1n) is 9.06. The van der Waals surface area contributed by atoms with Gasteiger partial charge >= 0.3 is 5.97 Å². The van der Waals surface area contributed by atoms with E-state index >= 15 is 0 Å². The molecule has 3 rings (SSSR count). The van der Waals surface area contributed by atoms with Gasteiger partial charge in [0.1, 0.15) is 0 Å². The number of rotatable bonds is 6. The molecule has 23 heavy (non-hydrogen) atoms. The van der Waals surface area contributed by atoms with Gasteiger partial charge in [0, 0.05) is 31.5 Å². The van der Waals surface area contributed by atoms with Crippen molar-refractivity contribution in [2.75, 3.05) is 13.7 Å². The van der Waals surface area contributed by atoms with Crippen molar-refractivity contribution in [2.24, 2.45) is 10.8 Å². The van der Waals surface area contributed by atoms with Crippen molar-refractivity contribution in [2.45, 2.75) is 76.9 Å². The fourth-order valence-corrected chi connectivity index (χ4v) is 5.05.